The highest BCUT2D eigenvalue weighted by atomic mass is 35.5. The van der Waals surface area contributed by atoms with Gasteiger partial charge in [-0.2, -0.15) is 5.26 Å². The highest BCUT2D eigenvalue weighted by Gasteiger charge is 2.15. The van der Waals surface area contributed by atoms with E-state index in [0.29, 0.717) is 22.9 Å². The monoisotopic (exact) mass is 591 g/mol. The molecule has 0 aliphatic heterocycles. The molecule has 40 heavy (non-hydrogen) atoms. The van der Waals surface area contributed by atoms with E-state index < -0.39 is 12.1 Å². The third-order valence-corrected chi connectivity index (χ3v) is 9.19. The number of thiophene rings is 1. The van der Waals surface area contributed by atoms with Crippen molar-refractivity contribution in [1.29, 1.82) is 5.26 Å². The summed E-state index contributed by atoms with van der Waals surface area (Å²) < 4.78 is 0. The van der Waals surface area contributed by atoms with E-state index in [-0.39, 0.29) is 13.0 Å². The summed E-state index contributed by atoms with van der Waals surface area (Å²) >= 11 is 10.2. The number of thioether (sulfide) groups is 1. The number of aromatic nitrogens is 1. The van der Waals surface area contributed by atoms with Crippen molar-refractivity contribution in [3.05, 3.63) is 105 Å². The van der Waals surface area contributed by atoms with E-state index in [1.54, 1.807) is 35.5 Å². The lowest BCUT2D eigenvalue weighted by molar-refractivity contribution is -0.139. The van der Waals surface area contributed by atoms with Gasteiger partial charge in [0, 0.05) is 46.0 Å². The zero-order valence-corrected chi connectivity index (χ0v) is 24.5. The van der Waals surface area contributed by atoms with Crippen LogP contribution in [0.4, 0.5) is 0 Å². The number of hydrogen-bond donors (Lipinski definition) is 3. The predicted molar refractivity (Wildman–Crippen MR) is 162 cm³/mol. The molecule has 0 aliphatic carbocycles. The Hall–Kier alpha value is -3.19. The van der Waals surface area contributed by atoms with Crippen LogP contribution in [0.3, 0.4) is 0 Å². The van der Waals surface area contributed by atoms with Crippen LogP contribution in [0.1, 0.15) is 39.8 Å². The fourth-order valence-electron chi connectivity index (χ4n) is 4.38. The van der Waals surface area contributed by atoms with E-state index >= 15 is 0 Å². The maximum Gasteiger partial charge on any atom is 0.306 e. The van der Waals surface area contributed by atoms with E-state index in [2.05, 4.69) is 59.0 Å². The number of carboxylic acids is 1. The first-order chi connectivity index (χ1) is 19.3. The van der Waals surface area contributed by atoms with Gasteiger partial charge in [-0.25, -0.2) is 0 Å². The van der Waals surface area contributed by atoms with Crippen molar-refractivity contribution in [3.63, 3.8) is 0 Å². The normalized spacial score (nSPS) is 11.8. The third-order valence-electron chi connectivity index (χ3n) is 6.49. The molecule has 2 aromatic carbocycles. The number of nitriles is 1. The molecule has 0 saturated heterocycles. The number of aliphatic carboxylic acids is 1. The Morgan fingerprint density at radius 1 is 1.15 bits per heavy atom. The van der Waals surface area contributed by atoms with E-state index in [9.17, 15) is 15.2 Å². The maximum atomic E-state index is 10.9. The van der Waals surface area contributed by atoms with Gasteiger partial charge in [-0.3, -0.25) is 9.78 Å². The third kappa shape index (κ3) is 8.17. The van der Waals surface area contributed by atoms with Crippen molar-refractivity contribution < 1.29 is 15.0 Å². The van der Waals surface area contributed by atoms with Gasteiger partial charge in [0.25, 0.3) is 0 Å². The van der Waals surface area contributed by atoms with Crippen molar-refractivity contribution in [2.75, 3.05) is 6.54 Å². The Morgan fingerprint density at radius 2 is 1.93 bits per heavy atom. The Bertz CT molecular complexity index is 1500. The van der Waals surface area contributed by atoms with E-state index in [1.807, 2.05) is 18.2 Å². The van der Waals surface area contributed by atoms with Crippen molar-refractivity contribution in [3.8, 4) is 16.5 Å². The summed E-state index contributed by atoms with van der Waals surface area (Å²) in [6.07, 6.45) is 3.67. The van der Waals surface area contributed by atoms with Crippen LogP contribution in [0.5, 0.6) is 0 Å². The van der Waals surface area contributed by atoms with Gasteiger partial charge in [0.1, 0.15) is 6.07 Å². The van der Waals surface area contributed by atoms with Crippen LogP contribution in [-0.2, 0) is 29.9 Å². The number of aryl methyl sites for hydroxylation is 2. The minimum Gasteiger partial charge on any atom is -0.481 e. The second kappa shape index (κ2) is 14.4. The van der Waals surface area contributed by atoms with Crippen LogP contribution in [0.2, 0.25) is 5.02 Å². The average molecular weight is 592 g/mol. The number of nitrogens with one attached hydrogen (secondary N) is 1. The molecule has 6 nitrogen and oxygen atoms in total. The Labute approximate surface area is 247 Å². The number of aliphatic hydroxyl groups is 1. The molecule has 0 radical (unpaired) electrons. The quantitative estimate of drug-likeness (QED) is 0.150. The molecular formula is C31H30ClN3O3S2. The first-order valence-corrected chi connectivity index (χ1v) is 15.1. The number of halogens is 1. The summed E-state index contributed by atoms with van der Waals surface area (Å²) in [5.41, 5.74) is 7.31. The van der Waals surface area contributed by atoms with E-state index in [0.717, 1.165) is 34.4 Å². The molecule has 0 aliphatic rings. The molecule has 4 rings (SSSR count). The zero-order chi connectivity index (χ0) is 28.5. The van der Waals surface area contributed by atoms with Gasteiger partial charge in [-0.15, -0.1) is 23.1 Å². The lowest BCUT2D eigenvalue weighted by Gasteiger charge is -2.16. The Balaban J connectivity index is 1.51. The van der Waals surface area contributed by atoms with Crippen molar-refractivity contribution in [2.45, 2.75) is 49.5 Å². The second-order valence-electron chi connectivity index (χ2n) is 9.50. The highest BCUT2D eigenvalue weighted by Crippen LogP contribution is 2.35. The molecule has 2 aromatic heterocycles. The molecular weight excluding hydrogens is 562 g/mol. The van der Waals surface area contributed by atoms with Crippen LogP contribution in [0.25, 0.3) is 10.4 Å². The maximum absolute atomic E-state index is 10.9. The minimum absolute atomic E-state index is 0.158. The SMILES string of the molecule is Cc1c(CCc2cc(SCc3cncc(C#N)c3)c(CNC[C@@H](O)CC(=O)O)cc2Cl)csc1-c1ccccc1. The lowest BCUT2D eigenvalue weighted by atomic mass is 10.0. The van der Waals surface area contributed by atoms with Gasteiger partial charge in [0.05, 0.1) is 18.1 Å². The van der Waals surface area contributed by atoms with Crippen molar-refractivity contribution >= 4 is 40.7 Å². The highest BCUT2D eigenvalue weighted by molar-refractivity contribution is 7.98. The minimum atomic E-state index is -1.04. The van der Waals surface area contributed by atoms with Crippen LogP contribution in [-0.4, -0.2) is 33.8 Å². The topological polar surface area (TPSA) is 106 Å². The zero-order valence-electron chi connectivity index (χ0n) is 22.1. The fourth-order valence-corrected chi connectivity index (χ4v) is 6.82. The lowest BCUT2D eigenvalue weighted by Crippen LogP contribution is -2.28. The number of nitrogens with zero attached hydrogens (tertiary/aromatic N) is 2. The number of hydrogen-bond acceptors (Lipinski definition) is 7. The fraction of sp³-hybridized carbons (Fsp3) is 0.258. The van der Waals surface area contributed by atoms with Crippen molar-refractivity contribution in [1.82, 2.24) is 10.3 Å². The summed E-state index contributed by atoms with van der Waals surface area (Å²) in [6, 6.07) is 18.5. The molecule has 0 spiro atoms. The van der Waals surface area contributed by atoms with Crippen LogP contribution >= 0.6 is 34.7 Å². The van der Waals surface area contributed by atoms with Gasteiger partial charge < -0.3 is 15.5 Å². The number of carbonyl (C=O) groups is 1. The first-order valence-electron chi connectivity index (χ1n) is 12.8. The predicted octanol–water partition coefficient (Wildman–Crippen LogP) is 6.65. The van der Waals surface area contributed by atoms with E-state index in [1.165, 1.54) is 21.6 Å². The smallest absolute Gasteiger partial charge is 0.306 e. The molecule has 0 amide bonds. The van der Waals surface area contributed by atoms with E-state index in [4.69, 9.17) is 16.7 Å². The molecule has 1 atom stereocenters. The van der Waals surface area contributed by atoms with Gasteiger partial charge in [0.2, 0.25) is 0 Å². The van der Waals surface area contributed by atoms with Crippen LogP contribution in [0.15, 0.2) is 71.2 Å². The molecule has 3 N–H and O–H groups in total. The second-order valence-corrected chi connectivity index (χ2v) is 11.8. The number of rotatable bonds is 13. The molecule has 206 valence electrons. The summed E-state index contributed by atoms with van der Waals surface area (Å²) in [6.45, 7) is 2.76. The largest absolute Gasteiger partial charge is 0.481 e. The molecule has 0 fully saturated rings. The molecule has 2 heterocycles. The van der Waals surface area contributed by atoms with Crippen LogP contribution < -0.4 is 5.32 Å². The Morgan fingerprint density at radius 3 is 2.67 bits per heavy atom. The van der Waals surface area contributed by atoms with Gasteiger partial charge in [-0.05, 0) is 76.7 Å². The van der Waals surface area contributed by atoms with Gasteiger partial charge >= 0.3 is 5.97 Å². The standard InChI is InChI=1S/C31H30ClN3O3S2/c1-20-25(19-40-31(20)23-5-3-2-4-6-23)8-7-24-11-29(39-18-22-9-21(13-33)14-34-15-22)26(10-28(24)32)16-35-17-27(36)12-30(37)38/h2-6,9-11,14-15,19,27,35-36H,7-8,12,16-18H2,1H3,(H,37,38)/t27-/m0/s1. The van der Waals surface area contributed by atoms with Gasteiger partial charge in [0.15, 0.2) is 0 Å². The molecule has 0 saturated carbocycles. The van der Waals surface area contributed by atoms with Crippen molar-refractivity contribution in [2.24, 2.45) is 0 Å². The number of benzene rings is 2. The van der Waals surface area contributed by atoms with Gasteiger partial charge in [-0.1, -0.05) is 41.9 Å². The molecule has 0 unspecified atom stereocenters. The summed E-state index contributed by atoms with van der Waals surface area (Å²) in [5.74, 6) is -0.412. The molecule has 0 bridgehead atoms. The molecule has 4 aromatic rings. The summed E-state index contributed by atoms with van der Waals surface area (Å²) in [7, 11) is 0. The number of pyridine rings is 1. The van der Waals surface area contributed by atoms with Crippen LogP contribution in [0, 0.1) is 18.3 Å². The number of aliphatic hydroxyl groups excluding tert-OH is 1. The first kappa shape index (κ1) is 29.8. The molecule has 9 heteroatoms. The summed E-state index contributed by atoms with van der Waals surface area (Å²) in [5, 5.41) is 34.1. The Kier molecular flexibility index (Phi) is 10.8. The summed E-state index contributed by atoms with van der Waals surface area (Å²) in [4.78, 5) is 17.4. The average Bonchev–Trinajstić information content (AvgIpc) is 3.32. The number of carboxylic acid groups (broad SMARTS) is 1.